The highest BCUT2D eigenvalue weighted by Crippen LogP contribution is 2.32. The van der Waals surface area contributed by atoms with Crippen molar-refractivity contribution in [2.75, 3.05) is 5.73 Å². The van der Waals surface area contributed by atoms with Crippen LogP contribution >= 0.6 is 0 Å². The molecule has 0 radical (unpaired) electrons. The molecule has 0 amide bonds. The van der Waals surface area contributed by atoms with Gasteiger partial charge in [0.05, 0.1) is 17.6 Å². The van der Waals surface area contributed by atoms with Crippen molar-refractivity contribution in [3.8, 4) is 17.0 Å². The number of nitrogens with two attached hydrogens (primary N) is 1. The van der Waals surface area contributed by atoms with Crippen LogP contribution in [0.15, 0.2) is 36.5 Å². The van der Waals surface area contributed by atoms with Crippen molar-refractivity contribution in [2.24, 2.45) is 0 Å². The quantitative estimate of drug-likeness (QED) is 0.813. The second-order valence-corrected chi connectivity index (χ2v) is 4.43. The second-order valence-electron chi connectivity index (χ2n) is 4.43. The fourth-order valence-corrected chi connectivity index (χ4v) is 2.16. The molecule has 0 spiro atoms. The molecule has 3 rings (SSSR count). The van der Waals surface area contributed by atoms with Crippen LogP contribution in [0.3, 0.4) is 0 Å². The summed E-state index contributed by atoms with van der Waals surface area (Å²) in [6.07, 6.45) is 2.93. The van der Waals surface area contributed by atoms with E-state index in [9.17, 15) is 0 Å². The Morgan fingerprint density at radius 1 is 1.29 bits per heavy atom. The fraction of sp³-hybridized carbons (Fsp3) is 0.214. The SMILES string of the molecule is CC1Cc2cc(-c3ccc(N)cn3)ccc2O1. The summed E-state index contributed by atoms with van der Waals surface area (Å²) < 4.78 is 5.68. The normalized spacial score (nSPS) is 17.6. The number of anilines is 1. The highest BCUT2D eigenvalue weighted by Gasteiger charge is 2.19. The van der Waals surface area contributed by atoms with Gasteiger partial charge in [-0.2, -0.15) is 0 Å². The molecule has 1 aliphatic heterocycles. The van der Waals surface area contributed by atoms with Gasteiger partial charge in [-0.1, -0.05) is 0 Å². The highest BCUT2D eigenvalue weighted by atomic mass is 16.5. The Kier molecular flexibility index (Phi) is 2.25. The Hall–Kier alpha value is -2.03. The number of ether oxygens (including phenoxy) is 1. The summed E-state index contributed by atoms with van der Waals surface area (Å²) >= 11 is 0. The van der Waals surface area contributed by atoms with Gasteiger partial charge in [-0.3, -0.25) is 4.98 Å². The molecule has 3 nitrogen and oxygen atoms in total. The van der Waals surface area contributed by atoms with Crippen LogP contribution in [0, 0.1) is 0 Å². The first-order valence-corrected chi connectivity index (χ1v) is 5.74. The number of hydrogen-bond donors (Lipinski definition) is 1. The average Bonchev–Trinajstić information content (AvgIpc) is 2.69. The van der Waals surface area contributed by atoms with Crippen LogP contribution in [0.1, 0.15) is 12.5 Å². The van der Waals surface area contributed by atoms with E-state index < -0.39 is 0 Å². The third-order valence-corrected chi connectivity index (χ3v) is 2.98. The maximum Gasteiger partial charge on any atom is 0.123 e. The zero-order chi connectivity index (χ0) is 11.8. The first-order chi connectivity index (χ1) is 8.22. The Morgan fingerprint density at radius 2 is 2.18 bits per heavy atom. The van der Waals surface area contributed by atoms with Gasteiger partial charge in [-0.05, 0) is 42.8 Å². The summed E-state index contributed by atoms with van der Waals surface area (Å²) in [6, 6.07) is 10.0. The molecule has 1 atom stereocenters. The molecule has 1 aliphatic rings. The van der Waals surface area contributed by atoms with E-state index in [0.717, 1.165) is 23.4 Å². The molecule has 0 fully saturated rings. The Balaban J connectivity index is 2.00. The third-order valence-electron chi connectivity index (χ3n) is 2.98. The maximum absolute atomic E-state index is 5.68. The number of nitrogens with zero attached hydrogens (tertiary/aromatic N) is 1. The summed E-state index contributed by atoms with van der Waals surface area (Å²) in [6.45, 7) is 2.08. The Labute approximate surface area is 100 Å². The zero-order valence-electron chi connectivity index (χ0n) is 9.68. The molecule has 2 aromatic rings. The van der Waals surface area contributed by atoms with Crippen LogP contribution in [-0.4, -0.2) is 11.1 Å². The maximum atomic E-state index is 5.68. The van der Waals surface area contributed by atoms with Gasteiger partial charge in [-0.25, -0.2) is 0 Å². The van der Waals surface area contributed by atoms with Crippen molar-refractivity contribution in [2.45, 2.75) is 19.4 Å². The topological polar surface area (TPSA) is 48.1 Å². The summed E-state index contributed by atoms with van der Waals surface area (Å²) in [4.78, 5) is 4.33. The lowest BCUT2D eigenvalue weighted by Gasteiger charge is -2.04. The van der Waals surface area contributed by atoms with Crippen LogP contribution in [0.25, 0.3) is 11.3 Å². The predicted molar refractivity (Wildman–Crippen MR) is 67.9 cm³/mol. The van der Waals surface area contributed by atoms with E-state index >= 15 is 0 Å². The Morgan fingerprint density at radius 3 is 2.94 bits per heavy atom. The molecule has 86 valence electrons. The molecule has 0 bridgehead atoms. The van der Waals surface area contributed by atoms with Gasteiger partial charge in [0.15, 0.2) is 0 Å². The van der Waals surface area contributed by atoms with Crippen LogP contribution in [0.5, 0.6) is 5.75 Å². The summed E-state index contributed by atoms with van der Waals surface area (Å²) in [7, 11) is 0. The predicted octanol–water partition coefficient (Wildman–Crippen LogP) is 2.65. The second kappa shape index (κ2) is 3.77. The number of fused-ring (bicyclic) bond motifs is 1. The molecule has 2 heterocycles. The molecule has 1 aromatic heterocycles. The van der Waals surface area contributed by atoms with Gasteiger partial charge in [0.1, 0.15) is 11.9 Å². The summed E-state index contributed by atoms with van der Waals surface area (Å²) in [5.41, 5.74) is 9.63. The van der Waals surface area contributed by atoms with Gasteiger partial charge in [0, 0.05) is 12.0 Å². The third kappa shape index (κ3) is 1.84. The number of nitrogen functional groups attached to an aromatic ring is 1. The van der Waals surface area contributed by atoms with Crippen LogP contribution < -0.4 is 10.5 Å². The number of rotatable bonds is 1. The van der Waals surface area contributed by atoms with Gasteiger partial charge in [0.2, 0.25) is 0 Å². The van der Waals surface area contributed by atoms with Gasteiger partial charge in [0.25, 0.3) is 0 Å². The van der Waals surface area contributed by atoms with E-state index in [2.05, 4.69) is 18.0 Å². The van der Waals surface area contributed by atoms with E-state index in [1.807, 2.05) is 24.3 Å². The van der Waals surface area contributed by atoms with Gasteiger partial charge < -0.3 is 10.5 Å². The Bertz CT molecular complexity index is 549. The monoisotopic (exact) mass is 226 g/mol. The zero-order valence-corrected chi connectivity index (χ0v) is 9.68. The lowest BCUT2D eigenvalue weighted by molar-refractivity contribution is 0.254. The first-order valence-electron chi connectivity index (χ1n) is 5.74. The molecular weight excluding hydrogens is 212 g/mol. The molecular formula is C14H14N2O. The number of pyridine rings is 1. The van der Waals surface area contributed by atoms with Crippen LogP contribution in [-0.2, 0) is 6.42 Å². The first kappa shape index (κ1) is 10.1. The largest absolute Gasteiger partial charge is 0.490 e. The minimum atomic E-state index is 0.277. The molecule has 0 saturated heterocycles. The minimum Gasteiger partial charge on any atom is -0.490 e. The van der Waals surface area contributed by atoms with E-state index in [-0.39, 0.29) is 6.10 Å². The van der Waals surface area contributed by atoms with Gasteiger partial charge >= 0.3 is 0 Å². The van der Waals surface area contributed by atoms with Crippen molar-refractivity contribution in [1.82, 2.24) is 4.98 Å². The standard InChI is InChI=1S/C14H14N2O/c1-9-6-11-7-10(2-5-14(11)17-9)13-4-3-12(15)8-16-13/h2-5,7-9H,6,15H2,1H3. The number of hydrogen-bond acceptors (Lipinski definition) is 3. The minimum absolute atomic E-state index is 0.277. The van der Waals surface area contributed by atoms with E-state index in [4.69, 9.17) is 10.5 Å². The smallest absolute Gasteiger partial charge is 0.123 e. The molecule has 17 heavy (non-hydrogen) atoms. The highest BCUT2D eigenvalue weighted by molar-refractivity contribution is 5.63. The van der Waals surface area contributed by atoms with E-state index in [1.54, 1.807) is 6.20 Å². The van der Waals surface area contributed by atoms with Crippen LogP contribution in [0.2, 0.25) is 0 Å². The summed E-state index contributed by atoms with van der Waals surface area (Å²) in [5, 5.41) is 0. The molecule has 1 unspecified atom stereocenters. The fourth-order valence-electron chi connectivity index (χ4n) is 2.16. The van der Waals surface area contributed by atoms with Gasteiger partial charge in [-0.15, -0.1) is 0 Å². The van der Waals surface area contributed by atoms with Crippen LogP contribution in [0.4, 0.5) is 5.69 Å². The van der Waals surface area contributed by atoms with Crippen molar-refractivity contribution in [3.05, 3.63) is 42.1 Å². The molecule has 0 saturated carbocycles. The summed E-state index contributed by atoms with van der Waals surface area (Å²) in [5.74, 6) is 0.997. The van der Waals surface area contributed by atoms with Crippen molar-refractivity contribution in [1.29, 1.82) is 0 Å². The molecule has 0 aliphatic carbocycles. The van der Waals surface area contributed by atoms with Crippen molar-refractivity contribution in [3.63, 3.8) is 0 Å². The number of benzene rings is 1. The van der Waals surface area contributed by atoms with E-state index in [1.165, 1.54) is 5.56 Å². The molecule has 3 heteroatoms. The molecule has 1 aromatic carbocycles. The molecule has 2 N–H and O–H groups in total. The average molecular weight is 226 g/mol. The number of aromatic nitrogens is 1. The van der Waals surface area contributed by atoms with E-state index in [0.29, 0.717) is 5.69 Å². The van der Waals surface area contributed by atoms with Crippen molar-refractivity contribution < 1.29 is 4.74 Å². The lowest BCUT2D eigenvalue weighted by Crippen LogP contribution is -2.05. The lowest BCUT2D eigenvalue weighted by atomic mass is 10.0. The van der Waals surface area contributed by atoms with Crippen molar-refractivity contribution >= 4 is 5.69 Å².